The molecule has 8 rings (SSSR count). The third kappa shape index (κ3) is 15.2. The summed E-state index contributed by atoms with van der Waals surface area (Å²) in [4.78, 5) is 60.1. The number of hydrogen-bond donors (Lipinski definition) is 3. The molecular weight excluding hydrogens is 1170 g/mol. The Kier molecular flexibility index (Phi) is 20.8. The van der Waals surface area contributed by atoms with E-state index in [2.05, 4.69) is 31.4 Å². The zero-order valence-corrected chi connectivity index (χ0v) is 47.0. The van der Waals surface area contributed by atoms with Crippen LogP contribution in [0.15, 0.2) is 146 Å². The third-order valence-corrected chi connectivity index (χ3v) is 14.0. The van der Waals surface area contributed by atoms with Crippen LogP contribution in [-0.2, 0) is 34.8 Å². The van der Waals surface area contributed by atoms with Gasteiger partial charge in [-0.3, -0.25) is 19.2 Å². The first kappa shape index (κ1) is 63.3. The number of nitrogens with zero attached hydrogens (tertiary/aromatic N) is 8. The average Bonchev–Trinajstić information content (AvgIpc) is 3.46. The van der Waals surface area contributed by atoms with Gasteiger partial charge >= 0.3 is 18.3 Å². The highest BCUT2D eigenvalue weighted by Crippen LogP contribution is 2.38. The van der Waals surface area contributed by atoms with E-state index in [1.54, 1.807) is 111 Å². The van der Waals surface area contributed by atoms with Crippen LogP contribution in [0.5, 0.6) is 0 Å². The molecule has 25 heteroatoms. The zero-order chi connectivity index (χ0) is 61.1. The van der Waals surface area contributed by atoms with Crippen LogP contribution in [0.1, 0.15) is 80.3 Å². The Hall–Kier alpha value is -8.86. The minimum absolute atomic E-state index is 0.0868. The van der Waals surface area contributed by atoms with Crippen LogP contribution < -0.4 is 11.3 Å². The van der Waals surface area contributed by atoms with Crippen molar-refractivity contribution in [2.24, 2.45) is 5.84 Å². The van der Waals surface area contributed by atoms with Crippen LogP contribution in [-0.4, -0.2) is 72.3 Å². The zero-order valence-electron chi connectivity index (χ0n) is 43.9. The predicted molar refractivity (Wildman–Crippen MR) is 303 cm³/mol. The van der Waals surface area contributed by atoms with Crippen molar-refractivity contribution in [3.63, 3.8) is 0 Å². The highest BCUT2D eigenvalue weighted by Gasteiger charge is 2.35. The molecule has 0 saturated carbocycles. The van der Waals surface area contributed by atoms with E-state index in [1.165, 1.54) is 57.5 Å². The number of carbonyl (C=O) groups is 4. The van der Waals surface area contributed by atoms with Gasteiger partial charge in [0.25, 0.3) is 17.7 Å². The SMILES string of the molecule is C[C@H](c1ccc(C(F)(F)F)cc1)N(C)C(=O)c1nn(-c2ccccc2Cl)c(-c2ccc(Cl)cc2)c1CC(=O)O.[C-]#[N+]N.[C-]#[N+]NC(=O)Cc1c(C(=O)N(C)[C@H](C)c2ccc(C(F)(F)F)cc2)nn(-c2ccccc2Cl)c1-c1ccc(Cl)cc1. The van der Waals surface area contributed by atoms with E-state index in [4.69, 9.17) is 59.5 Å². The van der Waals surface area contributed by atoms with Gasteiger partial charge in [-0.05, 0) is 97.8 Å². The molecule has 0 unspecified atom stereocenters. The number of halogens is 10. The predicted octanol–water partition coefficient (Wildman–Crippen LogP) is 14.3. The summed E-state index contributed by atoms with van der Waals surface area (Å²) in [6, 6.07) is 34.6. The van der Waals surface area contributed by atoms with E-state index in [-0.39, 0.29) is 28.9 Å². The molecule has 0 spiro atoms. The Morgan fingerprint density at radius 3 is 1.24 bits per heavy atom. The first-order valence-electron chi connectivity index (χ1n) is 24.3. The number of nitrogens with two attached hydrogens (primary N) is 1. The number of alkyl halides is 6. The summed E-state index contributed by atoms with van der Waals surface area (Å²) in [6.45, 7) is 15.9. The second-order valence-corrected chi connectivity index (χ2v) is 19.7. The van der Waals surface area contributed by atoms with E-state index in [1.807, 2.05) is 0 Å². The molecule has 8 aromatic rings. The first-order valence-corrected chi connectivity index (χ1v) is 25.8. The lowest BCUT2D eigenvalue weighted by Crippen LogP contribution is -2.31. The number of amides is 3. The summed E-state index contributed by atoms with van der Waals surface area (Å²) in [5.41, 5.74) is 4.26. The van der Waals surface area contributed by atoms with Gasteiger partial charge in [0.05, 0.1) is 68.9 Å². The van der Waals surface area contributed by atoms with Gasteiger partial charge in [-0.1, -0.05) is 125 Å². The van der Waals surface area contributed by atoms with Crippen molar-refractivity contribution >= 4 is 70.1 Å². The molecule has 2 heterocycles. The lowest BCUT2D eigenvalue weighted by molar-refractivity contribution is -0.138. The molecule has 0 aliphatic heterocycles. The number of hydrogen-bond acceptors (Lipinski definition) is 7. The lowest BCUT2D eigenvalue weighted by Gasteiger charge is -2.25. The molecule has 2 aromatic heterocycles. The molecule has 428 valence electrons. The molecule has 0 aliphatic rings. The van der Waals surface area contributed by atoms with Gasteiger partial charge in [0, 0.05) is 46.4 Å². The topological polar surface area (TPSA) is 177 Å². The van der Waals surface area contributed by atoms with Crippen LogP contribution >= 0.6 is 46.4 Å². The standard InChI is InChI=1S/C29H22Cl2F3N5O2.C28H22Cl2F3N3O3.CH2N2/c1-17(18-8-12-20(13-9-18)29(32,33)34)38(3)28(41)26-22(16-25(40)36-35-2)27(19-10-14-21(30)15-11-19)39(37-26)24-7-5-4-6-23(24)31;1-16(17-7-11-19(12-8-17)28(31,32)33)35(2)27(39)25-21(15-24(37)38)26(18-9-13-20(29)14-10-18)36(34-25)23-6-4-3-5-22(23)30;1-3-2/h4-15,17H,16H2,1,3H3,(H,36,40);3-14,16H,15H2,1-2H3,(H,37,38);2H2/t17-;16-;/m11./s1. The largest absolute Gasteiger partial charge is 0.481 e. The maximum atomic E-state index is 13.9. The molecule has 3 amide bonds. The number of carboxylic acids is 1. The fourth-order valence-electron chi connectivity index (χ4n) is 8.43. The number of carboxylic acid groups (broad SMARTS) is 1. The van der Waals surface area contributed by atoms with Crippen LogP contribution in [0.2, 0.25) is 20.1 Å². The minimum Gasteiger partial charge on any atom is -0.481 e. The lowest BCUT2D eigenvalue weighted by atomic mass is 10.0. The average molecular weight is 1220 g/mol. The van der Waals surface area contributed by atoms with Crippen molar-refractivity contribution in [3.8, 4) is 33.9 Å². The number of nitrogens with one attached hydrogen (secondary N) is 1. The van der Waals surface area contributed by atoms with Crippen molar-refractivity contribution in [3.05, 3.63) is 234 Å². The normalized spacial score (nSPS) is 11.8. The molecule has 6 aromatic carbocycles. The van der Waals surface area contributed by atoms with E-state index < -0.39 is 65.7 Å². The van der Waals surface area contributed by atoms with Crippen molar-refractivity contribution in [2.45, 2.75) is 51.1 Å². The smallest absolute Gasteiger partial charge is 0.416 e. The van der Waals surface area contributed by atoms with Crippen LogP contribution in [0.4, 0.5) is 26.3 Å². The van der Waals surface area contributed by atoms with Gasteiger partial charge in [-0.15, -0.1) is 5.84 Å². The molecule has 15 nitrogen and oxygen atoms in total. The second-order valence-electron chi connectivity index (χ2n) is 18.0. The van der Waals surface area contributed by atoms with Gasteiger partial charge in [-0.25, -0.2) is 9.36 Å². The Balaban J connectivity index is 0.000000255. The second kappa shape index (κ2) is 27.3. The summed E-state index contributed by atoms with van der Waals surface area (Å²) >= 11 is 25.1. The van der Waals surface area contributed by atoms with Crippen molar-refractivity contribution in [1.29, 1.82) is 0 Å². The molecule has 0 bridgehead atoms. The maximum Gasteiger partial charge on any atom is 0.416 e. The molecular formula is C58H46Cl4F6N10O5. The molecule has 0 saturated heterocycles. The Labute approximate surface area is 491 Å². The van der Waals surface area contributed by atoms with Gasteiger partial charge in [0.1, 0.15) is 0 Å². The molecule has 83 heavy (non-hydrogen) atoms. The van der Waals surface area contributed by atoms with Crippen molar-refractivity contribution < 1.29 is 50.6 Å². The van der Waals surface area contributed by atoms with Crippen LogP contribution in [0.3, 0.4) is 0 Å². The van der Waals surface area contributed by atoms with E-state index in [0.717, 1.165) is 24.3 Å². The monoisotopic (exact) mass is 1220 g/mol. The number of para-hydroxylation sites is 2. The molecule has 2 atom stereocenters. The van der Waals surface area contributed by atoms with Gasteiger partial charge in [-0.2, -0.15) is 59.6 Å². The van der Waals surface area contributed by atoms with Crippen LogP contribution in [0, 0.1) is 13.1 Å². The van der Waals surface area contributed by atoms with Crippen LogP contribution in [0.25, 0.3) is 43.8 Å². The molecule has 4 N–H and O–H groups in total. The Morgan fingerprint density at radius 1 is 0.590 bits per heavy atom. The van der Waals surface area contributed by atoms with Crippen molar-refractivity contribution in [1.82, 2.24) is 34.8 Å². The van der Waals surface area contributed by atoms with E-state index in [0.29, 0.717) is 65.1 Å². The summed E-state index contributed by atoms with van der Waals surface area (Å²) < 4.78 is 81.1. The van der Waals surface area contributed by atoms with E-state index in [9.17, 15) is 50.6 Å². The van der Waals surface area contributed by atoms with Crippen molar-refractivity contribution in [2.75, 3.05) is 14.1 Å². The number of benzene rings is 6. The van der Waals surface area contributed by atoms with Gasteiger partial charge in [0.15, 0.2) is 11.4 Å². The number of aliphatic carboxylic acids is 1. The molecule has 0 aliphatic carbocycles. The molecule has 0 fully saturated rings. The van der Waals surface area contributed by atoms with Gasteiger partial charge < -0.3 is 14.9 Å². The first-order chi connectivity index (χ1) is 39.2. The summed E-state index contributed by atoms with van der Waals surface area (Å²) in [7, 11) is 2.97. The van der Waals surface area contributed by atoms with E-state index >= 15 is 0 Å². The summed E-state index contributed by atoms with van der Waals surface area (Å²) in [6.07, 6.45) is -9.87. The Bertz CT molecular complexity index is 3730. The summed E-state index contributed by atoms with van der Waals surface area (Å²) in [5, 5.41) is 20.4. The molecule has 0 radical (unpaired) electrons. The Morgan fingerprint density at radius 2 is 0.928 bits per heavy atom. The highest BCUT2D eigenvalue weighted by molar-refractivity contribution is 6.33. The number of rotatable bonds is 14. The minimum atomic E-state index is -4.49. The number of aromatic nitrogens is 4. The highest BCUT2D eigenvalue weighted by atomic mass is 35.5. The summed E-state index contributed by atoms with van der Waals surface area (Å²) in [5.74, 6) is 1.08. The fourth-order valence-corrected chi connectivity index (χ4v) is 9.11. The third-order valence-electron chi connectivity index (χ3n) is 12.9. The maximum absolute atomic E-state index is 13.9. The quantitative estimate of drug-likeness (QED) is 0.0417. The fraction of sp³-hybridized carbons (Fsp3) is 0.172. The van der Waals surface area contributed by atoms with Gasteiger partial charge in [0.2, 0.25) is 0 Å². The number of carbonyl (C=O) groups excluding carboxylic acids is 3.